The topological polar surface area (TPSA) is 83.6 Å². The largest absolute Gasteiger partial charge is 0.457 e. The number of aromatic nitrogens is 1. The van der Waals surface area contributed by atoms with E-state index in [1.165, 1.54) is 29.3 Å². The molecule has 2 heterocycles. The number of amides is 3. The van der Waals surface area contributed by atoms with Crippen molar-refractivity contribution < 1.29 is 27.5 Å². The number of anilines is 2. The molecule has 2 aromatic carbocycles. The van der Waals surface area contributed by atoms with Gasteiger partial charge in [0.15, 0.2) is 0 Å². The highest BCUT2D eigenvalue weighted by Crippen LogP contribution is 2.34. The Morgan fingerprint density at radius 3 is 2.65 bits per heavy atom. The van der Waals surface area contributed by atoms with Gasteiger partial charge in [-0.25, -0.2) is 4.79 Å². The van der Waals surface area contributed by atoms with Crippen LogP contribution in [0, 0.1) is 0 Å². The van der Waals surface area contributed by atoms with Gasteiger partial charge in [-0.2, -0.15) is 13.2 Å². The number of urea groups is 1. The van der Waals surface area contributed by atoms with Gasteiger partial charge in [0.05, 0.1) is 5.56 Å². The molecule has 2 N–H and O–H groups in total. The standard InChI is InChI=1S/C24H21F3N4O3/c1-2-28-22(32)20-14-19(8-10-29-20)34-18-6-7-21-15(12-18)9-11-31(21)23(33)30-17-5-3-4-16(13-17)24(25,26)27/h3-8,10,12-14H,2,9,11H2,1H3,(H,28,32)(H,30,33). The van der Waals surface area contributed by atoms with E-state index in [9.17, 15) is 22.8 Å². The lowest BCUT2D eigenvalue weighted by molar-refractivity contribution is -0.137. The second kappa shape index (κ2) is 9.42. The summed E-state index contributed by atoms with van der Waals surface area (Å²) >= 11 is 0. The van der Waals surface area contributed by atoms with Gasteiger partial charge >= 0.3 is 12.2 Å². The summed E-state index contributed by atoms with van der Waals surface area (Å²) in [4.78, 5) is 30.2. The van der Waals surface area contributed by atoms with Crippen molar-refractivity contribution in [2.75, 3.05) is 23.3 Å². The summed E-state index contributed by atoms with van der Waals surface area (Å²) < 4.78 is 44.7. The molecule has 34 heavy (non-hydrogen) atoms. The smallest absolute Gasteiger partial charge is 0.416 e. The molecule has 0 saturated carbocycles. The Balaban J connectivity index is 1.46. The number of ether oxygens (including phenoxy) is 1. The van der Waals surface area contributed by atoms with Crippen LogP contribution < -0.4 is 20.3 Å². The van der Waals surface area contributed by atoms with Crippen molar-refractivity contribution in [3.63, 3.8) is 0 Å². The summed E-state index contributed by atoms with van der Waals surface area (Å²) in [6.07, 6.45) is -2.46. The highest BCUT2D eigenvalue weighted by molar-refractivity contribution is 6.03. The maximum atomic E-state index is 12.9. The van der Waals surface area contributed by atoms with Crippen LogP contribution >= 0.6 is 0 Å². The second-order valence-electron chi connectivity index (χ2n) is 7.54. The van der Waals surface area contributed by atoms with Crippen molar-refractivity contribution in [3.05, 3.63) is 77.6 Å². The van der Waals surface area contributed by atoms with Crippen molar-refractivity contribution in [2.24, 2.45) is 0 Å². The van der Waals surface area contributed by atoms with E-state index < -0.39 is 17.8 Å². The Hall–Kier alpha value is -4.08. The van der Waals surface area contributed by atoms with Crippen LogP contribution in [-0.2, 0) is 12.6 Å². The number of rotatable bonds is 5. The van der Waals surface area contributed by atoms with Crippen molar-refractivity contribution in [1.29, 1.82) is 0 Å². The molecule has 0 atom stereocenters. The Bertz CT molecular complexity index is 1230. The van der Waals surface area contributed by atoms with Gasteiger partial charge in [-0.3, -0.25) is 14.7 Å². The maximum absolute atomic E-state index is 12.9. The molecule has 4 rings (SSSR count). The van der Waals surface area contributed by atoms with E-state index in [-0.39, 0.29) is 17.3 Å². The quantitative estimate of drug-likeness (QED) is 0.535. The van der Waals surface area contributed by atoms with Gasteiger partial charge in [-0.15, -0.1) is 0 Å². The van der Waals surface area contributed by atoms with E-state index in [0.29, 0.717) is 36.7 Å². The molecular formula is C24H21F3N4O3. The minimum Gasteiger partial charge on any atom is -0.457 e. The zero-order valence-electron chi connectivity index (χ0n) is 18.1. The van der Waals surface area contributed by atoms with E-state index in [2.05, 4.69) is 15.6 Å². The molecule has 7 nitrogen and oxygen atoms in total. The molecule has 0 saturated heterocycles. The van der Waals surface area contributed by atoms with Crippen LogP contribution in [0.2, 0.25) is 0 Å². The Labute approximate surface area is 193 Å². The summed E-state index contributed by atoms with van der Waals surface area (Å²) in [6.45, 7) is 2.67. The maximum Gasteiger partial charge on any atom is 0.416 e. The van der Waals surface area contributed by atoms with Crippen LogP contribution in [0.15, 0.2) is 60.8 Å². The predicted molar refractivity (Wildman–Crippen MR) is 120 cm³/mol. The number of pyridine rings is 1. The van der Waals surface area contributed by atoms with Crippen molar-refractivity contribution in [2.45, 2.75) is 19.5 Å². The number of nitrogens with one attached hydrogen (secondary N) is 2. The average molecular weight is 470 g/mol. The van der Waals surface area contributed by atoms with Crippen LogP contribution in [0.25, 0.3) is 0 Å². The van der Waals surface area contributed by atoms with E-state index >= 15 is 0 Å². The third-order valence-corrected chi connectivity index (χ3v) is 5.17. The van der Waals surface area contributed by atoms with Gasteiger partial charge in [0.25, 0.3) is 5.91 Å². The summed E-state index contributed by atoms with van der Waals surface area (Å²) in [7, 11) is 0. The molecule has 10 heteroatoms. The lowest BCUT2D eigenvalue weighted by Crippen LogP contribution is -2.33. The second-order valence-corrected chi connectivity index (χ2v) is 7.54. The molecule has 0 radical (unpaired) electrons. The zero-order chi connectivity index (χ0) is 24.3. The first-order chi connectivity index (χ1) is 16.2. The molecule has 1 aliphatic heterocycles. The third kappa shape index (κ3) is 5.11. The number of halogens is 3. The fourth-order valence-electron chi connectivity index (χ4n) is 3.60. The highest BCUT2D eigenvalue weighted by atomic mass is 19.4. The molecular weight excluding hydrogens is 449 g/mol. The minimum absolute atomic E-state index is 0.0637. The van der Waals surface area contributed by atoms with Gasteiger partial charge in [-0.05, 0) is 61.4 Å². The average Bonchev–Trinajstić information content (AvgIpc) is 3.22. The number of benzene rings is 2. The molecule has 176 valence electrons. The molecule has 0 spiro atoms. The van der Waals surface area contributed by atoms with Crippen molar-refractivity contribution in [3.8, 4) is 11.5 Å². The summed E-state index contributed by atoms with van der Waals surface area (Å²) in [5.74, 6) is 0.657. The molecule has 3 amide bonds. The molecule has 1 aromatic heterocycles. The van der Waals surface area contributed by atoms with Crippen LogP contribution in [0.4, 0.5) is 29.3 Å². The number of nitrogens with zero attached hydrogens (tertiary/aromatic N) is 2. The summed E-state index contributed by atoms with van der Waals surface area (Å²) in [5.41, 5.74) is 0.969. The molecule has 0 unspecified atom stereocenters. The Morgan fingerprint density at radius 1 is 1.09 bits per heavy atom. The molecule has 3 aromatic rings. The van der Waals surface area contributed by atoms with Gasteiger partial charge in [-0.1, -0.05) is 6.07 Å². The van der Waals surface area contributed by atoms with Crippen molar-refractivity contribution >= 4 is 23.3 Å². The first-order valence-corrected chi connectivity index (χ1v) is 10.6. The van der Waals surface area contributed by atoms with Crippen LogP contribution in [-0.4, -0.2) is 30.0 Å². The fourth-order valence-corrected chi connectivity index (χ4v) is 3.60. The Kier molecular flexibility index (Phi) is 6.40. The van der Waals surface area contributed by atoms with Crippen molar-refractivity contribution in [1.82, 2.24) is 10.3 Å². The minimum atomic E-state index is -4.49. The van der Waals surface area contributed by atoms with E-state index in [0.717, 1.165) is 17.7 Å². The molecule has 0 bridgehead atoms. The lowest BCUT2D eigenvalue weighted by Gasteiger charge is -2.19. The number of carbonyl (C=O) groups is 2. The first kappa shape index (κ1) is 23.1. The molecule has 0 fully saturated rings. The summed E-state index contributed by atoms with van der Waals surface area (Å²) in [5, 5.41) is 5.20. The van der Waals surface area contributed by atoms with Crippen LogP contribution in [0.1, 0.15) is 28.5 Å². The molecule has 0 aliphatic carbocycles. The van der Waals surface area contributed by atoms with Crippen LogP contribution in [0.3, 0.4) is 0 Å². The van der Waals surface area contributed by atoms with E-state index in [1.54, 1.807) is 24.3 Å². The first-order valence-electron chi connectivity index (χ1n) is 10.6. The number of hydrogen-bond donors (Lipinski definition) is 2. The highest BCUT2D eigenvalue weighted by Gasteiger charge is 2.31. The number of carbonyl (C=O) groups excluding carboxylic acids is 2. The van der Waals surface area contributed by atoms with Gasteiger partial charge in [0, 0.05) is 36.7 Å². The normalized spacial score (nSPS) is 12.8. The Morgan fingerprint density at radius 2 is 1.88 bits per heavy atom. The van der Waals surface area contributed by atoms with E-state index in [1.807, 2.05) is 6.92 Å². The number of fused-ring (bicyclic) bond motifs is 1. The van der Waals surface area contributed by atoms with E-state index in [4.69, 9.17) is 4.74 Å². The monoisotopic (exact) mass is 470 g/mol. The summed E-state index contributed by atoms with van der Waals surface area (Å²) in [6, 6.07) is 12.3. The SMILES string of the molecule is CCNC(=O)c1cc(Oc2ccc3c(c2)CCN3C(=O)Nc2cccc(C(F)(F)F)c2)ccn1. The molecule has 1 aliphatic rings. The third-order valence-electron chi connectivity index (χ3n) is 5.17. The fraction of sp³-hybridized carbons (Fsp3) is 0.208. The van der Waals surface area contributed by atoms with Gasteiger partial charge in [0.2, 0.25) is 0 Å². The number of alkyl halides is 3. The van der Waals surface area contributed by atoms with Gasteiger partial charge in [0.1, 0.15) is 17.2 Å². The number of hydrogen-bond acceptors (Lipinski definition) is 4. The van der Waals surface area contributed by atoms with Crippen LogP contribution in [0.5, 0.6) is 11.5 Å². The van der Waals surface area contributed by atoms with Gasteiger partial charge < -0.3 is 15.4 Å². The zero-order valence-corrected chi connectivity index (χ0v) is 18.1. The lowest BCUT2D eigenvalue weighted by atomic mass is 10.1. The predicted octanol–water partition coefficient (Wildman–Crippen LogP) is 5.24.